The Labute approximate surface area is 138 Å². The van der Waals surface area contributed by atoms with Gasteiger partial charge in [-0.25, -0.2) is 0 Å². The average Bonchev–Trinajstić information content (AvgIpc) is 3.12. The molecular weight excluding hydrogens is 309 g/mol. The minimum atomic E-state index is 0. The number of aromatic nitrogens is 1. The lowest BCUT2D eigenvalue weighted by Gasteiger charge is -2.23. The molecule has 2 N–H and O–H groups in total. The van der Waals surface area contributed by atoms with E-state index < -0.39 is 0 Å². The number of nitrogens with zero attached hydrogens (tertiary/aromatic N) is 1. The summed E-state index contributed by atoms with van der Waals surface area (Å²) in [7, 11) is 0. The molecule has 0 radical (unpaired) electrons. The molecular formula is C15H23Cl2N3O. The summed E-state index contributed by atoms with van der Waals surface area (Å²) in [5.74, 6) is 0.450. The van der Waals surface area contributed by atoms with Crippen LogP contribution in [0.5, 0.6) is 0 Å². The maximum atomic E-state index is 12.2. The third kappa shape index (κ3) is 3.87. The van der Waals surface area contributed by atoms with E-state index in [-0.39, 0.29) is 36.6 Å². The summed E-state index contributed by atoms with van der Waals surface area (Å²) in [6.45, 7) is 4.70. The summed E-state index contributed by atoms with van der Waals surface area (Å²) in [6.07, 6.45) is 5.14. The summed E-state index contributed by atoms with van der Waals surface area (Å²) >= 11 is 0. The van der Waals surface area contributed by atoms with Crippen LogP contribution in [0.25, 0.3) is 0 Å². The lowest BCUT2D eigenvalue weighted by Crippen LogP contribution is -2.33. The van der Waals surface area contributed by atoms with Crippen molar-refractivity contribution in [3.8, 4) is 0 Å². The van der Waals surface area contributed by atoms with Crippen molar-refractivity contribution >= 4 is 30.7 Å². The normalized spacial score (nSPS) is 21.9. The summed E-state index contributed by atoms with van der Waals surface area (Å²) in [5.41, 5.74) is 2.42. The second kappa shape index (κ2) is 7.43. The van der Waals surface area contributed by atoms with Crippen LogP contribution in [-0.4, -0.2) is 24.0 Å². The van der Waals surface area contributed by atoms with E-state index in [1.807, 2.05) is 19.1 Å². The predicted molar refractivity (Wildman–Crippen MR) is 88.0 cm³/mol. The van der Waals surface area contributed by atoms with Gasteiger partial charge in [0.05, 0.1) is 12.2 Å². The van der Waals surface area contributed by atoms with Gasteiger partial charge < -0.3 is 10.6 Å². The molecule has 0 aromatic carbocycles. The Bertz CT molecular complexity index is 490. The van der Waals surface area contributed by atoms with Crippen molar-refractivity contribution in [3.63, 3.8) is 0 Å². The van der Waals surface area contributed by atoms with E-state index in [9.17, 15) is 4.79 Å². The van der Waals surface area contributed by atoms with E-state index in [2.05, 4.69) is 15.6 Å². The number of hydrogen-bond acceptors (Lipinski definition) is 3. The highest BCUT2D eigenvalue weighted by atomic mass is 35.5. The summed E-state index contributed by atoms with van der Waals surface area (Å²) in [4.78, 5) is 16.5. The molecule has 1 amide bonds. The van der Waals surface area contributed by atoms with E-state index in [0.29, 0.717) is 12.0 Å². The van der Waals surface area contributed by atoms with E-state index >= 15 is 0 Å². The van der Waals surface area contributed by atoms with Gasteiger partial charge in [0, 0.05) is 12.1 Å². The number of carbonyl (C=O) groups excluding carboxylic acids is 1. The Hall–Kier alpha value is -0.840. The van der Waals surface area contributed by atoms with E-state index in [1.54, 1.807) is 6.20 Å². The zero-order chi connectivity index (χ0) is 13.3. The molecule has 1 aliphatic heterocycles. The standard InChI is InChI=1S/C15H21N3O.2ClH/c1-11-3-2-6-17-13(11)10-18-14(19)12-9-15(12)4-7-16-8-5-15;;/h2-3,6,12,16H,4-5,7-10H2,1H3,(H,18,19);2*1H. The Balaban J connectivity index is 0.00000110. The molecule has 1 spiro atoms. The highest BCUT2D eigenvalue weighted by molar-refractivity contribution is 5.85. The van der Waals surface area contributed by atoms with Gasteiger partial charge in [-0.15, -0.1) is 24.8 Å². The van der Waals surface area contributed by atoms with Gasteiger partial charge in [0.1, 0.15) is 0 Å². The second-order valence-corrected chi connectivity index (χ2v) is 5.85. The Morgan fingerprint density at radius 3 is 2.81 bits per heavy atom. The van der Waals surface area contributed by atoms with Crippen molar-refractivity contribution in [3.05, 3.63) is 29.6 Å². The predicted octanol–water partition coefficient (Wildman–Crippen LogP) is 2.24. The molecule has 1 atom stereocenters. The minimum Gasteiger partial charge on any atom is -0.350 e. The Morgan fingerprint density at radius 1 is 1.43 bits per heavy atom. The first-order chi connectivity index (χ1) is 9.21. The summed E-state index contributed by atoms with van der Waals surface area (Å²) in [5, 5.41) is 6.41. The van der Waals surface area contributed by atoms with Crippen molar-refractivity contribution in [2.24, 2.45) is 11.3 Å². The smallest absolute Gasteiger partial charge is 0.224 e. The molecule has 0 bridgehead atoms. The maximum absolute atomic E-state index is 12.2. The van der Waals surface area contributed by atoms with Gasteiger partial charge >= 0.3 is 0 Å². The fourth-order valence-corrected chi connectivity index (χ4v) is 3.19. The van der Waals surface area contributed by atoms with Crippen LogP contribution in [0, 0.1) is 18.3 Å². The number of carbonyl (C=O) groups is 1. The van der Waals surface area contributed by atoms with Crippen molar-refractivity contribution in [1.82, 2.24) is 15.6 Å². The molecule has 118 valence electrons. The lowest BCUT2D eigenvalue weighted by atomic mass is 9.92. The van der Waals surface area contributed by atoms with Gasteiger partial charge in [-0.2, -0.15) is 0 Å². The van der Waals surface area contributed by atoms with Crippen LogP contribution in [0.4, 0.5) is 0 Å². The number of piperidine rings is 1. The Kier molecular flexibility index (Phi) is 6.44. The quantitative estimate of drug-likeness (QED) is 0.893. The number of amides is 1. The van der Waals surface area contributed by atoms with Crippen molar-refractivity contribution in [2.45, 2.75) is 32.7 Å². The van der Waals surface area contributed by atoms with Gasteiger partial charge in [0.15, 0.2) is 0 Å². The molecule has 1 saturated carbocycles. The summed E-state index contributed by atoms with van der Waals surface area (Å²) in [6, 6.07) is 3.95. The third-order valence-corrected chi connectivity index (χ3v) is 4.65. The highest BCUT2D eigenvalue weighted by Gasteiger charge is 2.57. The van der Waals surface area contributed by atoms with Crippen LogP contribution in [0.15, 0.2) is 18.3 Å². The van der Waals surface area contributed by atoms with Gasteiger partial charge in [-0.3, -0.25) is 9.78 Å². The number of nitrogens with one attached hydrogen (secondary N) is 2. The minimum absolute atomic E-state index is 0. The zero-order valence-electron chi connectivity index (χ0n) is 12.2. The molecule has 3 rings (SSSR count). The number of hydrogen-bond donors (Lipinski definition) is 2. The first-order valence-electron chi connectivity index (χ1n) is 7.10. The largest absolute Gasteiger partial charge is 0.350 e. The molecule has 2 fully saturated rings. The molecule has 1 aromatic rings. The van der Waals surface area contributed by atoms with Crippen molar-refractivity contribution in [1.29, 1.82) is 0 Å². The first kappa shape index (κ1) is 18.2. The monoisotopic (exact) mass is 331 g/mol. The Morgan fingerprint density at radius 2 is 2.14 bits per heavy atom. The molecule has 1 unspecified atom stereocenters. The number of pyridine rings is 1. The second-order valence-electron chi connectivity index (χ2n) is 5.85. The maximum Gasteiger partial charge on any atom is 0.224 e. The molecule has 4 nitrogen and oxygen atoms in total. The van der Waals surface area contributed by atoms with Gasteiger partial charge in [0.25, 0.3) is 0 Å². The SMILES string of the molecule is Cc1cccnc1CNC(=O)C1CC12CCNCC2.Cl.Cl. The lowest BCUT2D eigenvalue weighted by molar-refractivity contribution is -0.123. The number of aryl methyl sites for hydroxylation is 1. The highest BCUT2D eigenvalue weighted by Crippen LogP contribution is 2.58. The average molecular weight is 332 g/mol. The molecule has 6 heteroatoms. The zero-order valence-corrected chi connectivity index (χ0v) is 13.9. The van der Waals surface area contributed by atoms with E-state index in [0.717, 1.165) is 43.6 Å². The van der Waals surface area contributed by atoms with Crippen LogP contribution >= 0.6 is 24.8 Å². The van der Waals surface area contributed by atoms with Crippen LogP contribution in [0.1, 0.15) is 30.5 Å². The third-order valence-electron chi connectivity index (χ3n) is 4.65. The molecule has 1 aromatic heterocycles. The van der Waals surface area contributed by atoms with Crippen LogP contribution in [0.2, 0.25) is 0 Å². The first-order valence-corrected chi connectivity index (χ1v) is 7.10. The van der Waals surface area contributed by atoms with E-state index in [4.69, 9.17) is 0 Å². The summed E-state index contributed by atoms with van der Waals surface area (Å²) < 4.78 is 0. The van der Waals surface area contributed by atoms with Gasteiger partial charge in [-0.05, 0) is 56.3 Å². The van der Waals surface area contributed by atoms with Crippen LogP contribution in [0.3, 0.4) is 0 Å². The topological polar surface area (TPSA) is 54.0 Å². The molecule has 2 aliphatic rings. The van der Waals surface area contributed by atoms with Gasteiger partial charge in [0.2, 0.25) is 5.91 Å². The molecule has 1 saturated heterocycles. The van der Waals surface area contributed by atoms with Crippen molar-refractivity contribution in [2.75, 3.05) is 13.1 Å². The van der Waals surface area contributed by atoms with Crippen LogP contribution in [-0.2, 0) is 11.3 Å². The fourth-order valence-electron chi connectivity index (χ4n) is 3.19. The molecule has 21 heavy (non-hydrogen) atoms. The van der Waals surface area contributed by atoms with Crippen LogP contribution < -0.4 is 10.6 Å². The van der Waals surface area contributed by atoms with Crippen molar-refractivity contribution < 1.29 is 4.79 Å². The number of halogens is 2. The fraction of sp³-hybridized carbons (Fsp3) is 0.600. The van der Waals surface area contributed by atoms with E-state index in [1.165, 1.54) is 0 Å². The van der Waals surface area contributed by atoms with Gasteiger partial charge in [-0.1, -0.05) is 6.07 Å². The number of rotatable bonds is 3. The molecule has 1 aliphatic carbocycles. The molecule has 2 heterocycles.